The molecule has 20 heavy (non-hydrogen) atoms. The van der Waals surface area contributed by atoms with E-state index in [1.807, 2.05) is 13.0 Å². The van der Waals surface area contributed by atoms with Crippen molar-refractivity contribution in [3.05, 3.63) is 36.6 Å². The van der Waals surface area contributed by atoms with Crippen LogP contribution in [0.15, 0.2) is 36.6 Å². The van der Waals surface area contributed by atoms with E-state index in [1.165, 1.54) is 6.92 Å². The summed E-state index contributed by atoms with van der Waals surface area (Å²) < 4.78 is 5.27. The standard InChI is InChI=1S/C16H25NO3/c1-8-10-13(11-9-2)17-14(19)15(4,5)16(6,7)20-12(3)18/h8-11H,1H2,2-7H3,(H,17,19)/b11-9-,13-10+. The molecule has 112 valence electrons. The maximum atomic E-state index is 12.4. The Hall–Kier alpha value is -1.84. The van der Waals surface area contributed by atoms with E-state index in [4.69, 9.17) is 4.74 Å². The van der Waals surface area contributed by atoms with Gasteiger partial charge in [-0.25, -0.2) is 0 Å². The molecule has 0 saturated carbocycles. The van der Waals surface area contributed by atoms with Gasteiger partial charge in [-0.2, -0.15) is 0 Å². The van der Waals surface area contributed by atoms with Crippen molar-refractivity contribution in [1.82, 2.24) is 5.32 Å². The lowest BCUT2D eigenvalue weighted by Gasteiger charge is -2.39. The number of hydrogen-bond acceptors (Lipinski definition) is 3. The summed E-state index contributed by atoms with van der Waals surface area (Å²) in [5, 5.41) is 2.81. The first-order valence-electron chi connectivity index (χ1n) is 6.55. The molecule has 0 aliphatic heterocycles. The Morgan fingerprint density at radius 1 is 1.20 bits per heavy atom. The van der Waals surface area contributed by atoms with Crippen molar-refractivity contribution in [1.29, 1.82) is 0 Å². The fraction of sp³-hybridized carbons (Fsp3) is 0.500. The van der Waals surface area contributed by atoms with Crippen LogP contribution in [0.2, 0.25) is 0 Å². The molecule has 0 rings (SSSR count). The summed E-state index contributed by atoms with van der Waals surface area (Å²) in [5.41, 5.74) is -1.17. The highest BCUT2D eigenvalue weighted by atomic mass is 16.6. The molecule has 0 bridgehead atoms. The van der Waals surface area contributed by atoms with Crippen molar-refractivity contribution in [2.24, 2.45) is 5.41 Å². The highest BCUT2D eigenvalue weighted by molar-refractivity contribution is 5.85. The number of rotatable bonds is 6. The van der Waals surface area contributed by atoms with Gasteiger partial charge in [0.05, 0.1) is 5.41 Å². The van der Waals surface area contributed by atoms with E-state index in [2.05, 4.69) is 11.9 Å². The molecule has 0 heterocycles. The zero-order valence-electron chi connectivity index (χ0n) is 13.2. The van der Waals surface area contributed by atoms with E-state index in [0.717, 1.165) is 0 Å². The predicted molar refractivity (Wildman–Crippen MR) is 80.9 cm³/mol. The van der Waals surface area contributed by atoms with Gasteiger partial charge in [-0.1, -0.05) is 18.7 Å². The van der Waals surface area contributed by atoms with Crippen LogP contribution in [0.1, 0.15) is 41.5 Å². The molecule has 0 aromatic heterocycles. The van der Waals surface area contributed by atoms with Crippen molar-refractivity contribution >= 4 is 11.9 Å². The summed E-state index contributed by atoms with van der Waals surface area (Å²) >= 11 is 0. The van der Waals surface area contributed by atoms with Gasteiger partial charge < -0.3 is 10.1 Å². The second-order valence-electron chi connectivity index (χ2n) is 5.54. The number of hydrogen-bond donors (Lipinski definition) is 1. The van der Waals surface area contributed by atoms with Crippen molar-refractivity contribution in [2.75, 3.05) is 0 Å². The normalized spacial score (nSPS) is 13.2. The summed E-state index contributed by atoms with van der Waals surface area (Å²) in [5.74, 6) is -0.638. The van der Waals surface area contributed by atoms with E-state index in [0.29, 0.717) is 5.70 Å². The topological polar surface area (TPSA) is 55.4 Å². The molecular weight excluding hydrogens is 254 g/mol. The summed E-state index contributed by atoms with van der Waals surface area (Å²) in [6.07, 6.45) is 6.89. The van der Waals surface area contributed by atoms with E-state index in [1.54, 1.807) is 45.9 Å². The molecule has 0 radical (unpaired) electrons. The van der Waals surface area contributed by atoms with Crippen molar-refractivity contribution in [2.45, 2.75) is 47.1 Å². The first-order chi connectivity index (χ1) is 9.08. The molecule has 0 aliphatic carbocycles. The first-order valence-corrected chi connectivity index (χ1v) is 6.55. The molecule has 4 nitrogen and oxygen atoms in total. The Kier molecular flexibility index (Phi) is 6.43. The molecule has 0 saturated heterocycles. The van der Waals surface area contributed by atoms with Crippen LogP contribution in [0.3, 0.4) is 0 Å². The maximum Gasteiger partial charge on any atom is 0.303 e. The Labute approximate surface area is 121 Å². The maximum absolute atomic E-state index is 12.4. The highest BCUT2D eigenvalue weighted by Crippen LogP contribution is 2.34. The molecular formula is C16H25NO3. The fourth-order valence-corrected chi connectivity index (χ4v) is 1.49. The number of carbonyl (C=O) groups is 2. The summed E-state index contributed by atoms with van der Waals surface area (Å²) in [6.45, 7) is 13.7. The van der Waals surface area contributed by atoms with Crippen LogP contribution in [0.4, 0.5) is 0 Å². The van der Waals surface area contributed by atoms with Gasteiger partial charge in [-0.3, -0.25) is 9.59 Å². The molecule has 0 unspecified atom stereocenters. The lowest BCUT2D eigenvalue weighted by Crippen LogP contribution is -2.52. The largest absolute Gasteiger partial charge is 0.459 e. The SMILES string of the molecule is C=C/C=C(\C=C/C)NC(=O)C(C)(C)C(C)(C)OC(C)=O. The first kappa shape index (κ1) is 18.2. The lowest BCUT2D eigenvalue weighted by molar-refractivity contribution is -0.170. The summed E-state index contributed by atoms with van der Waals surface area (Å²) in [6, 6.07) is 0. The molecule has 0 aromatic carbocycles. The van der Waals surface area contributed by atoms with Crippen LogP contribution in [-0.4, -0.2) is 17.5 Å². The van der Waals surface area contributed by atoms with Gasteiger partial charge in [0.25, 0.3) is 0 Å². The van der Waals surface area contributed by atoms with Crippen LogP contribution >= 0.6 is 0 Å². The smallest absolute Gasteiger partial charge is 0.303 e. The minimum Gasteiger partial charge on any atom is -0.459 e. The van der Waals surface area contributed by atoms with Gasteiger partial charge in [0.2, 0.25) is 5.91 Å². The van der Waals surface area contributed by atoms with Crippen molar-refractivity contribution < 1.29 is 14.3 Å². The molecule has 0 fully saturated rings. The minimum atomic E-state index is -0.919. The molecule has 1 amide bonds. The van der Waals surface area contributed by atoms with Gasteiger partial charge in [-0.05, 0) is 46.8 Å². The number of carbonyl (C=O) groups excluding carboxylic acids is 2. The van der Waals surface area contributed by atoms with E-state index in [9.17, 15) is 9.59 Å². The average Bonchev–Trinajstić information content (AvgIpc) is 2.27. The van der Waals surface area contributed by atoms with Crippen LogP contribution in [0, 0.1) is 5.41 Å². The van der Waals surface area contributed by atoms with Gasteiger partial charge in [0, 0.05) is 12.6 Å². The fourth-order valence-electron chi connectivity index (χ4n) is 1.49. The van der Waals surface area contributed by atoms with Crippen LogP contribution in [0.5, 0.6) is 0 Å². The Bertz CT molecular complexity index is 443. The van der Waals surface area contributed by atoms with Crippen molar-refractivity contribution in [3.63, 3.8) is 0 Å². The Morgan fingerprint density at radius 3 is 2.15 bits per heavy atom. The van der Waals surface area contributed by atoms with E-state index in [-0.39, 0.29) is 5.91 Å². The summed E-state index contributed by atoms with van der Waals surface area (Å²) in [7, 11) is 0. The van der Waals surface area contributed by atoms with Gasteiger partial charge in [0.15, 0.2) is 0 Å². The quantitative estimate of drug-likeness (QED) is 0.600. The number of amides is 1. The number of nitrogens with one attached hydrogen (secondary N) is 1. The average molecular weight is 279 g/mol. The zero-order valence-corrected chi connectivity index (χ0v) is 13.2. The van der Waals surface area contributed by atoms with Gasteiger partial charge in [-0.15, -0.1) is 0 Å². The second-order valence-corrected chi connectivity index (χ2v) is 5.54. The minimum absolute atomic E-state index is 0.227. The summed E-state index contributed by atoms with van der Waals surface area (Å²) in [4.78, 5) is 23.6. The Balaban J connectivity index is 5.20. The van der Waals surface area contributed by atoms with Gasteiger partial charge >= 0.3 is 5.97 Å². The van der Waals surface area contributed by atoms with Crippen molar-refractivity contribution in [3.8, 4) is 0 Å². The lowest BCUT2D eigenvalue weighted by atomic mass is 9.76. The van der Waals surface area contributed by atoms with Gasteiger partial charge in [0.1, 0.15) is 5.60 Å². The third-order valence-corrected chi connectivity index (χ3v) is 3.37. The second kappa shape index (κ2) is 7.08. The molecule has 0 spiro atoms. The third-order valence-electron chi connectivity index (χ3n) is 3.37. The molecule has 4 heteroatoms. The van der Waals surface area contributed by atoms with E-state index < -0.39 is 17.0 Å². The monoisotopic (exact) mass is 279 g/mol. The number of allylic oxidation sites excluding steroid dienone is 4. The van der Waals surface area contributed by atoms with Crippen LogP contribution < -0.4 is 5.32 Å². The number of ether oxygens (including phenoxy) is 1. The third kappa shape index (κ3) is 4.68. The zero-order chi connectivity index (χ0) is 16.0. The molecule has 0 atom stereocenters. The Morgan fingerprint density at radius 2 is 1.75 bits per heavy atom. The predicted octanol–water partition coefficient (Wildman–Crippen LogP) is 3.12. The van der Waals surface area contributed by atoms with Crippen LogP contribution in [0.25, 0.3) is 0 Å². The number of esters is 1. The molecule has 1 N–H and O–H groups in total. The van der Waals surface area contributed by atoms with E-state index >= 15 is 0 Å². The molecule has 0 aliphatic rings. The van der Waals surface area contributed by atoms with Crippen LogP contribution in [-0.2, 0) is 14.3 Å². The highest BCUT2D eigenvalue weighted by Gasteiger charge is 2.46. The molecule has 0 aromatic rings.